The van der Waals surface area contributed by atoms with Gasteiger partial charge in [0, 0.05) is 18.3 Å². The van der Waals surface area contributed by atoms with Gasteiger partial charge in [-0.3, -0.25) is 9.59 Å². The van der Waals surface area contributed by atoms with Gasteiger partial charge in [0.05, 0.1) is 0 Å². The molecule has 6 aliphatic rings. The smallest absolute Gasteiger partial charge is 0.306 e. The minimum absolute atomic E-state index is 0.0294. The lowest BCUT2D eigenvalue weighted by Gasteiger charge is -2.59. The third kappa shape index (κ3) is 2.31. The molecule has 0 aromatic rings. The second kappa shape index (κ2) is 6.20. The van der Waals surface area contributed by atoms with E-state index in [1.807, 2.05) is 13.8 Å². The number of fused-ring (bicyclic) bond motifs is 9. The first-order valence-electron chi connectivity index (χ1n) is 12.3. The molecule has 9 atom stereocenters. The Bertz CT molecular complexity index is 783. The SMILES string of the molecule is CC.C[C@@H]1CC2C3C4CC4C4=CC(=O)CCC4(C)C3CCC2(C)C12CCC(=O)O2. The highest BCUT2D eigenvalue weighted by atomic mass is 16.6. The number of rotatable bonds is 0. The van der Waals surface area contributed by atoms with Crippen molar-refractivity contribution in [2.24, 2.45) is 46.3 Å². The summed E-state index contributed by atoms with van der Waals surface area (Å²) in [5, 5.41) is 0. The van der Waals surface area contributed by atoms with Crippen LogP contribution in [0.2, 0.25) is 0 Å². The predicted molar refractivity (Wildman–Crippen MR) is 113 cm³/mol. The van der Waals surface area contributed by atoms with Crippen LogP contribution in [0, 0.1) is 46.3 Å². The molecule has 8 unspecified atom stereocenters. The van der Waals surface area contributed by atoms with Crippen LogP contribution in [0.5, 0.6) is 0 Å². The zero-order valence-electron chi connectivity index (χ0n) is 18.9. The number of hydrogen-bond acceptors (Lipinski definition) is 3. The number of carbonyl (C=O) groups excluding carboxylic acids is 2. The summed E-state index contributed by atoms with van der Waals surface area (Å²) < 4.78 is 6.17. The number of hydrogen-bond donors (Lipinski definition) is 0. The summed E-state index contributed by atoms with van der Waals surface area (Å²) in [6.45, 7) is 11.3. The van der Waals surface area contributed by atoms with Gasteiger partial charge >= 0.3 is 5.97 Å². The average molecular weight is 399 g/mol. The Morgan fingerprint density at radius 3 is 2.45 bits per heavy atom. The van der Waals surface area contributed by atoms with Crippen LogP contribution in [0.1, 0.15) is 86.0 Å². The minimum atomic E-state index is -0.205. The first-order chi connectivity index (χ1) is 13.8. The third-order valence-corrected chi connectivity index (χ3v) is 10.5. The molecule has 1 aliphatic heterocycles. The van der Waals surface area contributed by atoms with Crippen molar-refractivity contribution in [3.63, 3.8) is 0 Å². The van der Waals surface area contributed by atoms with Crippen molar-refractivity contribution in [2.45, 2.75) is 91.6 Å². The van der Waals surface area contributed by atoms with E-state index >= 15 is 0 Å². The lowest BCUT2D eigenvalue weighted by Crippen LogP contribution is -2.56. The molecule has 6 rings (SSSR count). The van der Waals surface area contributed by atoms with Crippen LogP contribution in [-0.2, 0) is 14.3 Å². The number of allylic oxidation sites excluding steroid dienone is 1. The van der Waals surface area contributed by atoms with Crippen molar-refractivity contribution in [3.8, 4) is 0 Å². The number of ketones is 1. The Labute approximate surface area is 176 Å². The van der Waals surface area contributed by atoms with E-state index in [9.17, 15) is 9.59 Å². The van der Waals surface area contributed by atoms with Crippen molar-refractivity contribution < 1.29 is 14.3 Å². The molecule has 1 heterocycles. The first-order valence-corrected chi connectivity index (χ1v) is 12.3. The normalized spacial score (nSPS) is 54.3. The van der Waals surface area contributed by atoms with Crippen LogP contribution in [0.4, 0.5) is 0 Å². The molecule has 29 heavy (non-hydrogen) atoms. The lowest BCUT2D eigenvalue weighted by atomic mass is 9.46. The first kappa shape index (κ1) is 19.8. The third-order valence-electron chi connectivity index (χ3n) is 10.5. The Hall–Kier alpha value is -1.12. The quantitative estimate of drug-likeness (QED) is 0.490. The molecule has 0 radical (unpaired) electrons. The van der Waals surface area contributed by atoms with Crippen molar-refractivity contribution in [1.29, 1.82) is 0 Å². The van der Waals surface area contributed by atoms with Gasteiger partial charge in [-0.1, -0.05) is 40.2 Å². The van der Waals surface area contributed by atoms with Gasteiger partial charge in [-0.05, 0) is 85.5 Å². The van der Waals surface area contributed by atoms with Gasteiger partial charge in [-0.2, -0.15) is 0 Å². The van der Waals surface area contributed by atoms with Gasteiger partial charge in [0.2, 0.25) is 0 Å². The summed E-state index contributed by atoms with van der Waals surface area (Å²) in [6, 6.07) is 0. The van der Waals surface area contributed by atoms with E-state index in [-0.39, 0.29) is 22.4 Å². The van der Waals surface area contributed by atoms with Gasteiger partial charge in [0.15, 0.2) is 5.78 Å². The highest BCUT2D eigenvalue weighted by molar-refractivity contribution is 5.92. The van der Waals surface area contributed by atoms with Crippen molar-refractivity contribution in [2.75, 3.05) is 0 Å². The van der Waals surface area contributed by atoms with Crippen LogP contribution in [0.3, 0.4) is 0 Å². The molecule has 160 valence electrons. The molecule has 3 nitrogen and oxygen atoms in total. The Balaban J connectivity index is 0.000000882. The molecule has 0 aromatic heterocycles. The van der Waals surface area contributed by atoms with Crippen molar-refractivity contribution >= 4 is 11.8 Å². The van der Waals surface area contributed by atoms with Crippen LogP contribution < -0.4 is 0 Å². The number of carbonyl (C=O) groups is 2. The maximum atomic E-state index is 12.1. The zero-order chi connectivity index (χ0) is 20.8. The van der Waals surface area contributed by atoms with E-state index in [1.165, 1.54) is 31.3 Å². The Kier molecular flexibility index (Phi) is 4.24. The van der Waals surface area contributed by atoms with Crippen LogP contribution in [0.15, 0.2) is 11.6 Å². The fourth-order valence-electron chi connectivity index (χ4n) is 9.16. The van der Waals surface area contributed by atoms with Crippen LogP contribution >= 0.6 is 0 Å². The van der Waals surface area contributed by atoms with Gasteiger partial charge in [0.1, 0.15) is 5.60 Å². The maximum Gasteiger partial charge on any atom is 0.306 e. The van der Waals surface area contributed by atoms with Crippen LogP contribution in [0.25, 0.3) is 0 Å². The number of ether oxygens (including phenoxy) is 1. The highest BCUT2D eigenvalue weighted by Gasteiger charge is 2.73. The Morgan fingerprint density at radius 1 is 1.00 bits per heavy atom. The van der Waals surface area contributed by atoms with Gasteiger partial charge < -0.3 is 4.74 Å². The topological polar surface area (TPSA) is 43.4 Å². The van der Waals surface area contributed by atoms with E-state index < -0.39 is 0 Å². The summed E-state index contributed by atoms with van der Waals surface area (Å²) in [7, 11) is 0. The molecular weight excluding hydrogens is 360 g/mol. The van der Waals surface area contributed by atoms with E-state index in [0.717, 1.165) is 37.0 Å². The summed E-state index contributed by atoms with van der Waals surface area (Å²) in [5.41, 5.74) is 1.70. The zero-order valence-corrected chi connectivity index (χ0v) is 18.9. The van der Waals surface area contributed by atoms with Gasteiger partial charge in [-0.25, -0.2) is 0 Å². The molecule has 5 fully saturated rings. The molecule has 4 saturated carbocycles. The van der Waals surface area contributed by atoms with E-state index in [2.05, 4.69) is 26.8 Å². The summed E-state index contributed by atoms with van der Waals surface area (Å²) in [6.07, 6.45) is 10.3. The molecule has 5 aliphatic carbocycles. The maximum absolute atomic E-state index is 12.1. The molecular formula is C26H38O3. The Morgan fingerprint density at radius 2 is 1.76 bits per heavy atom. The molecule has 3 heteroatoms. The van der Waals surface area contributed by atoms with Crippen LogP contribution in [-0.4, -0.2) is 17.4 Å². The van der Waals surface area contributed by atoms with Gasteiger partial charge in [-0.15, -0.1) is 0 Å². The second-order valence-corrected chi connectivity index (χ2v) is 11.2. The average Bonchev–Trinajstić information content (AvgIpc) is 3.34. The van der Waals surface area contributed by atoms with E-state index in [0.29, 0.717) is 30.0 Å². The highest BCUT2D eigenvalue weighted by Crippen LogP contribution is 2.76. The van der Waals surface area contributed by atoms with E-state index in [4.69, 9.17) is 4.74 Å². The molecule has 1 spiro atoms. The molecule has 1 saturated heterocycles. The molecule has 0 bridgehead atoms. The summed E-state index contributed by atoms with van der Waals surface area (Å²) in [5.74, 6) is 4.49. The molecule has 0 aromatic carbocycles. The summed E-state index contributed by atoms with van der Waals surface area (Å²) in [4.78, 5) is 24.3. The lowest BCUT2D eigenvalue weighted by molar-refractivity contribution is -0.174. The fourth-order valence-corrected chi connectivity index (χ4v) is 9.16. The number of esters is 1. The predicted octanol–water partition coefficient (Wildman–Crippen LogP) is 5.72. The van der Waals surface area contributed by atoms with E-state index in [1.54, 1.807) is 0 Å². The monoisotopic (exact) mass is 398 g/mol. The van der Waals surface area contributed by atoms with Crippen molar-refractivity contribution in [1.82, 2.24) is 0 Å². The summed E-state index contributed by atoms with van der Waals surface area (Å²) >= 11 is 0. The van der Waals surface area contributed by atoms with Gasteiger partial charge in [0.25, 0.3) is 0 Å². The molecule has 0 N–H and O–H groups in total. The fraction of sp³-hybridized carbons (Fsp3) is 0.846. The largest absolute Gasteiger partial charge is 0.458 e. The minimum Gasteiger partial charge on any atom is -0.458 e. The second-order valence-electron chi connectivity index (χ2n) is 11.2. The standard InChI is InChI=1S/C24H32O3.C2H6/c1-13-10-19-21-16-12-15(16)18-11-14(25)4-7-22(18,2)17(21)5-8-23(19,3)24(13)9-6-20(26)27-24;1-2/h11,13,15-17,19,21H,4-10,12H2,1-3H3;1-2H3/t13-,15?,16?,17?,19?,21?,22?,23?,24?;/m1./s1. The van der Waals surface area contributed by atoms with Crippen molar-refractivity contribution in [3.05, 3.63) is 11.6 Å². The molecule has 0 amide bonds.